The molecule has 1 rings (SSSR count). The van der Waals surface area contributed by atoms with Crippen molar-refractivity contribution in [1.29, 1.82) is 5.26 Å². The molecular formula is C11H21N3. The van der Waals surface area contributed by atoms with E-state index < -0.39 is 0 Å². The Kier molecular flexibility index (Phi) is 5.58. The van der Waals surface area contributed by atoms with E-state index in [9.17, 15) is 0 Å². The number of hydrogen-bond donors (Lipinski definition) is 1. The lowest BCUT2D eigenvalue weighted by Gasteiger charge is -2.28. The van der Waals surface area contributed by atoms with Gasteiger partial charge in [0.1, 0.15) is 0 Å². The van der Waals surface area contributed by atoms with Crippen LogP contribution in [0.15, 0.2) is 0 Å². The average molecular weight is 195 g/mol. The summed E-state index contributed by atoms with van der Waals surface area (Å²) < 4.78 is 0. The van der Waals surface area contributed by atoms with Crippen molar-refractivity contribution in [3.05, 3.63) is 0 Å². The van der Waals surface area contributed by atoms with Gasteiger partial charge in [-0.25, -0.2) is 0 Å². The maximum absolute atomic E-state index is 8.53. The molecule has 3 heteroatoms. The number of nitrogens with one attached hydrogen (secondary N) is 1. The second kappa shape index (κ2) is 6.80. The second-order valence-corrected chi connectivity index (χ2v) is 3.99. The molecule has 0 aromatic heterocycles. The molecule has 0 unspecified atom stereocenters. The van der Waals surface area contributed by atoms with Gasteiger partial charge in [-0.3, -0.25) is 0 Å². The zero-order valence-corrected chi connectivity index (χ0v) is 9.13. The molecule has 1 heterocycles. The van der Waals surface area contributed by atoms with Crippen molar-refractivity contribution in [2.75, 3.05) is 32.7 Å². The maximum Gasteiger partial charge on any atom is 0.0635 e. The third kappa shape index (κ3) is 4.08. The highest BCUT2D eigenvalue weighted by Crippen LogP contribution is 2.13. The molecule has 14 heavy (non-hydrogen) atoms. The zero-order valence-electron chi connectivity index (χ0n) is 9.13. The number of hydrogen-bond acceptors (Lipinski definition) is 3. The molecule has 1 aliphatic heterocycles. The van der Waals surface area contributed by atoms with E-state index in [4.69, 9.17) is 5.26 Å². The Hall–Kier alpha value is -0.590. The van der Waals surface area contributed by atoms with Crippen LogP contribution in [0, 0.1) is 17.2 Å². The molecule has 0 aliphatic carbocycles. The van der Waals surface area contributed by atoms with Gasteiger partial charge in [-0.2, -0.15) is 5.26 Å². The Bertz CT molecular complexity index is 179. The topological polar surface area (TPSA) is 39.1 Å². The SMILES string of the molecule is CCN(CCC#N)CC1CCNCC1. The van der Waals surface area contributed by atoms with Gasteiger partial charge < -0.3 is 10.2 Å². The predicted molar refractivity (Wildman–Crippen MR) is 57.9 cm³/mol. The molecule has 0 aromatic rings. The van der Waals surface area contributed by atoms with Crippen molar-refractivity contribution < 1.29 is 0 Å². The van der Waals surface area contributed by atoms with Crippen molar-refractivity contribution >= 4 is 0 Å². The largest absolute Gasteiger partial charge is 0.317 e. The van der Waals surface area contributed by atoms with Crippen molar-refractivity contribution in [2.45, 2.75) is 26.2 Å². The molecular weight excluding hydrogens is 174 g/mol. The van der Waals surface area contributed by atoms with Crippen molar-refractivity contribution in [3.63, 3.8) is 0 Å². The van der Waals surface area contributed by atoms with Gasteiger partial charge in [0.15, 0.2) is 0 Å². The smallest absolute Gasteiger partial charge is 0.0635 e. The first kappa shape index (κ1) is 11.5. The summed E-state index contributed by atoms with van der Waals surface area (Å²) in [4.78, 5) is 2.40. The molecule has 0 saturated carbocycles. The van der Waals surface area contributed by atoms with Gasteiger partial charge in [-0.05, 0) is 38.4 Å². The van der Waals surface area contributed by atoms with Crippen LogP contribution in [0.3, 0.4) is 0 Å². The van der Waals surface area contributed by atoms with Crippen LogP contribution in [0.4, 0.5) is 0 Å². The standard InChI is InChI=1S/C11H21N3/c1-2-14(9-3-6-12)10-11-4-7-13-8-5-11/h11,13H,2-5,7-10H2,1H3. The highest BCUT2D eigenvalue weighted by molar-refractivity contribution is 4.75. The summed E-state index contributed by atoms with van der Waals surface area (Å²) in [6.07, 6.45) is 3.25. The third-order valence-corrected chi connectivity index (χ3v) is 2.96. The van der Waals surface area contributed by atoms with E-state index in [0.29, 0.717) is 6.42 Å². The van der Waals surface area contributed by atoms with E-state index in [1.54, 1.807) is 0 Å². The van der Waals surface area contributed by atoms with Crippen LogP contribution in [0.25, 0.3) is 0 Å². The van der Waals surface area contributed by atoms with Crippen LogP contribution < -0.4 is 5.32 Å². The summed E-state index contributed by atoms with van der Waals surface area (Å²) >= 11 is 0. The monoisotopic (exact) mass is 195 g/mol. The molecule has 1 N–H and O–H groups in total. The zero-order chi connectivity index (χ0) is 10.2. The van der Waals surface area contributed by atoms with Crippen molar-refractivity contribution in [3.8, 4) is 6.07 Å². The quantitative estimate of drug-likeness (QED) is 0.717. The molecule has 80 valence electrons. The average Bonchev–Trinajstić information content (AvgIpc) is 2.25. The van der Waals surface area contributed by atoms with Crippen LogP contribution >= 0.6 is 0 Å². The Morgan fingerprint density at radius 3 is 2.71 bits per heavy atom. The second-order valence-electron chi connectivity index (χ2n) is 3.99. The fourth-order valence-corrected chi connectivity index (χ4v) is 2.02. The van der Waals surface area contributed by atoms with Gasteiger partial charge in [0, 0.05) is 19.5 Å². The normalized spacial score (nSPS) is 18.4. The molecule has 0 bridgehead atoms. The van der Waals surface area contributed by atoms with Crippen LogP contribution in [0.5, 0.6) is 0 Å². The van der Waals surface area contributed by atoms with E-state index in [1.165, 1.54) is 32.5 Å². The van der Waals surface area contributed by atoms with Crippen molar-refractivity contribution in [1.82, 2.24) is 10.2 Å². The number of piperidine rings is 1. The van der Waals surface area contributed by atoms with E-state index >= 15 is 0 Å². The van der Waals surface area contributed by atoms with Gasteiger partial charge in [-0.15, -0.1) is 0 Å². The highest BCUT2D eigenvalue weighted by atomic mass is 15.1. The first-order chi connectivity index (χ1) is 6.86. The fraction of sp³-hybridized carbons (Fsp3) is 0.909. The van der Waals surface area contributed by atoms with Crippen LogP contribution in [0.2, 0.25) is 0 Å². The minimum atomic E-state index is 0.665. The first-order valence-electron chi connectivity index (χ1n) is 5.66. The summed E-state index contributed by atoms with van der Waals surface area (Å²) in [6, 6.07) is 2.22. The lowest BCUT2D eigenvalue weighted by atomic mass is 9.97. The predicted octanol–water partition coefficient (Wildman–Crippen LogP) is 1.22. The number of nitrogens with zero attached hydrogens (tertiary/aromatic N) is 2. The Morgan fingerprint density at radius 1 is 1.43 bits per heavy atom. The molecule has 0 radical (unpaired) electrons. The highest BCUT2D eigenvalue weighted by Gasteiger charge is 2.15. The summed E-state index contributed by atoms with van der Waals surface area (Å²) in [5, 5.41) is 11.9. The Balaban J connectivity index is 2.20. The molecule has 1 saturated heterocycles. The summed E-state index contributed by atoms with van der Waals surface area (Å²) in [6.45, 7) is 7.71. The van der Waals surface area contributed by atoms with Gasteiger partial charge in [-0.1, -0.05) is 6.92 Å². The molecule has 0 spiro atoms. The fourth-order valence-electron chi connectivity index (χ4n) is 2.02. The maximum atomic E-state index is 8.53. The molecule has 1 aliphatic rings. The van der Waals surface area contributed by atoms with Gasteiger partial charge in [0.05, 0.1) is 6.07 Å². The van der Waals surface area contributed by atoms with Crippen LogP contribution in [-0.4, -0.2) is 37.6 Å². The minimum absolute atomic E-state index is 0.665. The molecule has 1 fully saturated rings. The summed E-state index contributed by atoms with van der Waals surface area (Å²) in [5.74, 6) is 0.842. The molecule has 0 atom stereocenters. The summed E-state index contributed by atoms with van der Waals surface area (Å²) in [7, 11) is 0. The van der Waals surface area contributed by atoms with E-state index in [0.717, 1.165) is 19.0 Å². The van der Waals surface area contributed by atoms with Gasteiger partial charge >= 0.3 is 0 Å². The lowest BCUT2D eigenvalue weighted by Crippen LogP contribution is -2.36. The van der Waals surface area contributed by atoms with E-state index in [1.807, 2.05) is 0 Å². The van der Waals surface area contributed by atoms with Crippen molar-refractivity contribution in [2.24, 2.45) is 5.92 Å². The number of rotatable bonds is 5. The lowest BCUT2D eigenvalue weighted by molar-refractivity contribution is 0.217. The molecule has 0 amide bonds. The third-order valence-electron chi connectivity index (χ3n) is 2.96. The number of nitriles is 1. The minimum Gasteiger partial charge on any atom is -0.317 e. The van der Waals surface area contributed by atoms with Crippen LogP contribution in [-0.2, 0) is 0 Å². The first-order valence-corrected chi connectivity index (χ1v) is 5.66. The Labute approximate surface area is 87.1 Å². The van der Waals surface area contributed by atoms with E-state index in [2.05, 4.69) is 23.2 Å². The Morgan fingerprint density at radius 2 is 2.14 bits per heavy atom. The van der Waals surface area contributed by atoms with Gasteiger partial charge in [0.25, 0.3) is 0 Å². The van der Waals surface area contributed by atoms with E-state index in [-0.39, 0.29) is 0 Å². The summed E-state index contributed by atoms with van der Waals surface area (Å²) in [5.41, 5.74) is 0. The van der Waals surface area contributed by atoms with Gasteiger partial charge in [0.2, 0.25) is 0 Å². The molecule has 0 aromatic carbocycles. The molecule has 3 nitrogen and oxygen atoms in total. The van der Waals surface area contributed by atoms with Crippen LogP contribution in [0.1, 0.15) is 26.2 Å².